The molecule has 0 atom stereocenters. The van der Waals surface area contributed by atoms with Crippen LogP contribution in [0.25, 0.3) is 20.7 Å². The molecule has 3 aromatic heterocycles. The quantitative estimate of drug-likeness (QED) is 0.323. The number of thiophene rings is 2. The Morgan fingerprint density at radius 1 is 1.34 bits per heavy atom. The third-order valence-electron chi connectivity index (χ3n) is 4.10. The average Bonchev–Trinajstić information content (AvgIpc) is 3.36. The number of aromatic nitrogens is 2. The maximum absolute atomic E-state index is 13.2. The molecule has 10 heteroatoms. The van der Waals surface area contributed by atoms with E-state index in [1.54, 1.807) is 18.4 Å². The number of carbonyl (C=O) groups excluding carboxylic acids is 1. The first-order valence-corrected chi connectivity index (χ1v) is 11.5. The third kappa shape index (κ3) is 4.09. The van der Waals surface area contributed by atoms with Gasteiger partial charge in [0.05, 0.1) is 16.2 Å². The second-order valence-electron chi connectivity index (χ2n) is 6.03. The van der Waals surface area contributed by atoms with Crippen LogP contribution in [0.5, 0.6) is 0 Å². The van der Waals surface area contributed by atoms with Crippen LogP contribution in [-0.2, 0) is 11.8 Å². The van der Waals surface area contributed by atoms with Crippen molar-refractivity contribution in [1.29, 1.82) is 0 Å². The second kappa shape index (κ2) is 8.27. The van der Waals surface area contributed by atoms with Gasteiger partial charge in [-0.25, -0.2) is 9.37 Å². The summed E-state index contributed by atoms with van der Waals surface area (Å²) in [6.45, 7) is 0. The number of rotatable bonds is 5. The Hall–Kier alpha value is -2.20. The molecule has 1 aromatic carbocycles. The number of halogens is 2. The van der Waals surface area contributed by atoms with Gasteiger partial charge in [-0.2, -0.15) is 0 Å². The highest BCUT2D eigenvalue weighted by molar-refractivity contribution is 7.99. The van der Waals surface area contributed by atoms with E-state index >= 15 is 0 Å². The highest BCUT2D eigenvalue weighted by atomic mass is 35.5. The Bertz CT molecular complexity index is 1270. The Labute approximate surface area is 182 Å². The lowest BCUT2D eigenvalue weighted by Crippen LogP contribution is -2.21. The fourth-order valence-corrected chi connectivity index (χ4v) is 5.45. The molecule has 1 N–H and O–H groups in total. The molecule has 4 rings (SSSR count). The van der Waals surface area contributed by atoms with E-state index in [9.17, 15) is 14.0 Å². The first-order chi connectivity index (χ1) is 13.9. The standard InChI is InChI=1S/C19H13ClFN3O2S3/c1-24-18(26)16-11(14-3-2-6-27-14)8-28-17(16)23-19(24)29-9-15(25)22-10-4-5-13(21)12(20)7-10/h2-8H,9H2,1H3,(H,22,25). The van der Waals surface area contributed by atoms with Crippen LogP contribution < -0.4 is 10.9 Å². The molecule has 0 bridgehead atoms. The molecule has 0 spiro atoms. The largest absolute Gasteiger partial charge is 0.325 e. The third-order valence-corrected chi connectivity index (χ3v) is 7.19. The summed E-state index contributed by atoms with van der Waals surface area (Å²) in [6.07, 6.45) is 0. The lowest BCUT2D eigenvalue weighted by atomic mass is 10.2. The van der Waals surface area contributed by atoms with Crippen molar-refractivity contribution in [2.75, 3.05) is 11.1 Å². The van der Waals surface area contributed by atoms with E-state index in [0.717, 1.165) is 22.2 Å². The lowest BCUT2D eigenvalue weighted by Gasteiger charge is -2.08. The molecule has 148 valence electrons. The maximum atomic E-state index is 13.2. The molecule has 3 heterocycles. The number of nitrogens with one attached hydrogen (secondary N) is 1. The minimum atomic E-state index is -0.551. The summed E-state index contributed by atoms with van der Waals surface area (Å²) >= 11 is 9.86. The van der Waals surface area contributed by atoms with E-state index in [-0.39, 0.29) is 22.2 Å². The van der Waals surface area contributed by atoms with Gasteiger partial charge >= 0.3 is 0 Å². The van der Waals surface area contributed by atoms with Crippen LogP contribution in [0.2, 0.25) is 5.02 Å². The summed E-state index contributed by atoms with van der Waals surface area (Å²) in [7, 11) is 1.64. The predicted octanol–water partition coefficient (Wildman–Crippen LogP) is 5.25. The molecule has 0 saturated heterocycles. The van der Waals surface area contributed by atoms with Gasteiger partial charge in [0, 0.05) is 28.6 Å². The summed E-state index contributed by atoms with van der Waals surface area (Å²) in [5.74, 6) is -0.814. The van der Waals surface area contributed by atoms with Crippen LogP contribution in [0.15, 0.2) is 51.0 Å². The normalized spacial score (nSPS) is 11.1. The van der Waals surface area contributed by atoms with Gasteiger partial charge < -0.3 is 5.32 Å². The molecule has 5 nitrogen and oxygen atoms in total. The number of benzene rings is 1. The zero-order chi connectivity index (χ0) is 20.5. The van der Waals surface area contributed by atoms with Gasteiger partial charge in [0.25, 0.3) is 5.56 Å². The van der Waals surface area contributed by atoms with Gasteiger partial charge in [0.2, 0.25) is 5.91 Å². The van der Waals surface area contributed by atoms with Gasteiger partial charge in [-0.15, -0.1) is 22.7 Å². The minimum Gasteiger partial charge on any atom is -0.325 e. The van der Waals surface area contributed by atoms with Crippen molar-refractivity contribution in [1.82, 2.24) is 9.55 Å². The predicted molar refractivity (Wildman–Crippen MR) is 119 cm³/mol. The molecule has 0 fully saturated rings. The number of carbonyl (C=O) groups is 1. The van der Waals surface area contributed by atoms with E-state index < -0.39 is 5.82 Å². The molecule has 0 saturated carbocycles. The number of thioether (sulfide) groups is 1. The second-order valence-corrected chi connectivity index (χ2v) is 9.19. The first kappa shape index (κ1) is 20.1. The highest BCUT2D eigenvalue weighted by Gasteiger charge is 2.17. The van der Waals surface area contributed by atoms with Crippen molar-refractivity contribution in [3.8, 4) is 10.4 Å². The Kier molecular flexibility index (Phi) is 5.73. The van der Waals surface area contributed by atoms with E-state index in [1.165, 1.54) is 34.1 Å². The number of fused-ring (bicyclic) bond motifs is 1. The SMILES string of the molecule is Cn1c(SCC(=O)Nc2ccc(F)c(Cl)c2)nc2scc(-c3cccs3)c2c1=O. The van der Waals surface area contributed by atoms with Gasteiger partial charge in [0.1, 0.15) is 10.6 Å². The molecule has 0 aliphatic rings. The van der Waals surface area contributed by atoms with Crippen LogP contribution in [0.3, 0.4) is 0 Å². The van der Waals surface area contributed by atoms with Crippen molar-refractivity contribution in [2.45, 2.75) is 5.16 Å². The van der Waals surface area contributed by atoms with E-state index in [4.69, 9.17) is 11.6 Å². The molecule has 4 aromatic rings. The first-order valence-electron chi connectivity index (χ1n) is 8.34. The smallest absolute Gasteiger partial charge is 0.263 e. The number of nitrogens with zero attached hydrogens (tertiary/aromatic N) is 2. The molecular formula is C19H13ClFN3O2S3. The Morgan fingerprint density at radius 3 is 2.90 bits per heavy atom. The molecule has 0 unspecified atom stereocenters. The monoisotopic (exact) mass is 465 g/mol. The zero-order valence-corrected chi connectivity index (χ0v) is 18.1. The maximum Gasteiger partial charge on any atom is 0.263 e. The van der Waals surface area contributed by atoms with E-state index in [0.29, 0.717) is 21.1 Å². The fourth-order valence-electron chi connectivity index (χ4n) is 2.70. The number of hydrogen-bond acceptors (Lipinski definition) is 6. The van der Waals surface area contributed by atoms with Crippen LogP contribution in [0.1, 0.15) is 0 Å². The van der Waals surface area contributed by atoms with Gasteiger partial charge in [-0.3, -0.25) is 14.2 Å². The van der Waals surface area contributed by atoms with Crippen molar-refractivity contribution in [3.63, 3.8) is 0 Å². The van der Waals surface area contributed by atoms with Gasteiger partial charge in [-0.05, 0) is 29.6 Å². The van der Waals surface area contributed by atoms with Crippen LogP contribution >= 0.6 is 46.0 Å². The summed E-state index contributed by atoms with van der Waals surface area (Å²) in [6, 6.07) is 7.88. The Morgan fingerprint density at radius 2 is 2.17 bits per heavy atom. The number of anilines is 1. The van der Waals surface area contributed by atoms with E-state index in [1.807, 2.05) is 22.9 Å². The summed E-state index contributed by atoms with van der Waals surface area (Å²) in [5, 5.41) is 7.53. The minimum absolute atomic E-state index is 0.0456. The molecule has 0 aliphatic carbocycles. The fraction of sp³-hybridized carbons (Fsp3) is 0.105. The van der Waals surface area contributed by atoms with Crippen molar-refractivity contribution >= 4 is 67.8 Å². The van der Waals surface area contributed by atoms with Gasteiger partial charge in [-0.1, -0.05) is 29.4 Å². The summed E-state index contributed by atoms with van der Waals surface area (Å²) < 4.78 is 14.7. The zero-order valence-electron chi connectivity index (χ0n) is 14.9. The molecule has 29 heavy (non-hydrogen) atoms. The van der Waals surface area contributed by atoms with Crippen LogP contribution in [-0.4, -0.2) is 21.2 Å². The summed E-state index contributed by atoms with van der Waals surface area (Å²) in [5.41, 5.74) is 1.14. The highest BCUT2D eigenvalue weighted by Crippen LogP contribution is 2.34. The van der Waals surface area contributed by atoms with Gasteiger partial charge in [0.15, 0.2) is 5.16 Å². The van der Waals surface area contributed by atoms with Crippen LogP contribution in [0.4, 0.5) is 10.1 Å². The van der Waals surface area contributed by atoms with Crippen molar-refractivity contribution < 1.29 is 9.18 Å². The lowest BCUT2D eigenvalue weighted by molar-refractivity contribution is -0.113. The molecule has 0 radical (unpaired) electrons. The average molecular weight is 466 g/mol. The van der Waals surface area contributed by atoms with Crippen molar-refractivity contribution in [3.05, 3.63) is 62.3 Å². The van der Waals surface area contributed by atoms with Crippen molar-refractivity contribution in [2.24, 2.45) is 7.05 Å². The Balaban J connectivity index is 1.54. The number of hydrogen-bond donors (Lipinski definition) is 1. The molecule has 0 aliphatic heterocycles. The summed E-state index contributed by atoms with van der Waals surface area (Å²) in [4.78, 5) is 31.4. The van der Waals surface area contributed by atoms with E-state index in [2.05, 4.69) is 10.3 Å². The molecule has 1 amide bonds. The molecular weight excluding hydrogens is 453 g/mol. The topological polar surface area (TPSA) is 64.0 Å². The van der Waals surface area contributed by atoms with Crippen LogP contribution in [0, 0.1) is 5.82 Å². The number of amides is 1.